The summed E-state index contributed by atoms with van der Waals surface area (Å²) >= 11 is 0. The van der Waals surface area contributed by atoms with Gasteiger partial charge in [-0.3, -0.25) is 10.1 Å². The van der Waals surface area contributed by atoms with E-state index in [0.29, 0.717) is 17.1 Å². The fourth-order valence-corrected chi connectivity index (χ4v) is 2.60. The molecule has 1 aliphatic heterocycles. The smallest absolute Gasteiger partial charge is 0.295 e. The molecule has 2 N–H and O–H groups in total. The minimum atomic E-state index is -0.433. The predicted molar refractivity (Wildman–Crippen MR) is 79.4 cm³/mol. The maximum absolute atomic E-state index is 10.8. The quantitative estimate of drug-likeness (QED) is 0.664. The van der Waals surface area contributed by atoms with E-state index in [-0.39, 0.29) is 11.1 Å². The molecule has 7 nitrogen and oxygen atoms in total. The summed E-state index contributed by atoms with van der Waals surface area (Å²) < 4.78 is 5.58. The third-order valence-corrected chi connectivity index (χ3v) is 4.06. The van der Waals surface area contributed by atoms with Crippen LogP contribution >= 0.6 is 0 Å². The molecule has 2 heterocycles. The van der Waals surface area contributed by atoms with Crippen LogP contribution in [0.3, 0.4) is 0 Å². The van der Waals surface area contributed by atoms with Crippen molar-refractivity contribution in [3.8, 4) is 0 Å². The van der Waals surface area contributed by atoms with Gasteiger partial charge in [-0.2, -0.15) is 4.98 Å². The molecule has 1 aromatic heterocycles. The van der Waals surface area contributed by atoms with Gasteiger partial charge in [0.15, 0.2) is 5.58 Å². The van der Waals surface area contributed by atoms with Gasteiger partial charge in [0.05, 0.1) is 4.92 Å². The summed E-state index contributed by atoms with van der Waals surface area (Å²) in [5, 5.41) is 17.3. The van der Waals surface area contributed by atoms with Crippen LogP contribution < -0.4 is 10.6 Å². The van der Waals surface area contributed by atoms with E-state index in [0.717, 1.165) is 32.5 Å². The minimum Gasteiger partial charge on any atom is -0.424 e. The van der Waals surface area contributed by atoms with Gasteiger partial charge in [-0.15, -0.1) is 0 Å². The first-order valence-electron chi connectivity index (χ1n) is 7.05. The van der Waals surface area contributed by atoms with Crippen molar-refractivity contribution in [1.29, 1.82) is 0 Å². The fourth-order valence-electron chi connectivity index (χ4n) is 2.60. The first-order chi connectivity index (χ1) is 10.1. The average molecular weight is 290 g/mol. The number of piperidine rings is 1. The van der Waals surface area contributed by atoms with Crippen LogP contribution in [0.1, 0.15) is 19.8 Å². The van der Waals surface area contributed by atoms with Crippen molar-refractivity contribution in [3.05, 3.63) is 28.3 Å². The molecule has 0 spiro atoms. The lowest BCUT2D eigenvalue weighted by Gasteiger charge is -2.33. The Kier molecular flexibility index (Phi) is 3.50. The van der Waals surface area contributed by atoms with E-state index >= 15 is 0 Å². The summed E-state index contributed by atoms with van der Waals surface area (Å²) in [6.45, 7) is 5.08. The van der Waals surface area contributed by atoms with Crippen LogP contribution in [0.5, 0.6) is 0 Å². The van der Waals surface area contributed by atoms with Crippen molar-refractivity contribution >= 4 is 22.8 Å². The first-order valence-corrected chi connectivity index (χ1v) is 7.05. The molecule has 0 bridgehead atoms. The number of oxazole rings is 1. The Morgan fingerprint density at radius 2 is 2.24 bits per heavy atom. The molecule has 1 aliphatic rings. The highest BCUT2D eigenvalue weighted by atomic mass is 16.6. The number of non-ortho nitro benzene ring substituents is 1. The lowest BCUT2D eigenvalue weighted by atomic mass is 9.81. The van der Waals surface area contributed by atoms with Gasteiger partial charge in [-0.1, -0.05) is 6.92 Å². The van der Waals surface area contributed by atoms with Crippen molar-refractivity contribution in [2.75, 3.05) is 25.0 Å². The molecule has 1 aromatic carbocycles. The van der Waals surface area contributed by atoms with E-state index in [4.69, 9.17) is 4.42 Å². The SMILES string of the molecule is CC1(CNc2nc3cc([N+](=O)[O-])ccc3o2)CCNCC1. The number of benzene rings is 1. The summed E-state index contributed by atoms with van der Waals surface area (Å²) in [6.07, 6.45) is 2.21. The number of hydrogen-bond acceptors (Lipinski definition) is 6. The van der Waals surface area contributed by atoms with E-state index in [1.165, 1.54) is 12.1 Å². The Hall–Kier alpha value is -2.15. The number of nitrogens with zero attached hydrogens (tertiary/aromatic N) is 2. The molecule has 7 heteroatoms. The van der Waals surface area contributed by atoms with Crippen molar-refractivity contribution < 1.29 is 9.34 Å². The second-order valence-corrected chi connectivity index (χ2v) is 5.84. The van der Waals surface area contributed by atoms with Gasteiger partial charge in [-0.25, -0.2) is 0 Å². The third kappa shape index (κ3) is 2.97. The monoisotopic (exact) mass is 290 g/mol. The van der Waals surface area contributed by atoms with Crippen LogP contribution in [0.25, 0.3) is 11.1 Å². The number of nitrogens with one attached hydrogen (secondary N) is 2. The zero-order valence-electron chi connectivity index (χ0n) is 11.9. The van der Waals surface area contributed by atoms with Crippen molar-refractivity contribution in [1.82, 2.24) is 10.3 Å². The van der Waals surface area contributed by atoms with E-state index in [1.54, 1.807) is 6.07 Å². The summed E-state index contributed by atoms with van der Waals surface area (Å²) in [5.41, 5.74) is 1.30. The first kappa shape index (κ1) is 13.8. The standard InChI is InChI=1S/C14H18N4O3/c1-14(4-6-15-7-5-14)9-16-13-17-11-8-10(18(19)20)2-3-12(11)21-13/h2-3,8,15H,4-7,9H2,1H3,(H,16,17). The average Bonchev–Trinajstić information content (AvgIpc) is 2.88. The van der Waals surface area contributed by atoms with Crippen molar-refractivity contribution in [2.45, 2.75) is 19.8 Å². The molecule has 0 saturated carbocycles. The molecule has 1 fully saturated rings. The number of nitro benzene ring substituents is 1. The van der Waals surface area contributed by atoms with Crippen molar-refractivity contribution in [2.24, 2.45) is 5.41 Å². The number of nitro groups is 1. The van der Waals surface area contributed by atoms with Gasteiger partial charge >= 0.3 is 0 Å². The molecule has 0 radical (unpaired) electrons. The molecule has 1 saturated heterocycles. The van der Waals surface area contributed by atoms with Crippen molar-refractivity contribution in [3.63, 3.8) is 0 Å². The number of anilines is 1. The third-order valence-electron chi connectivity index (χ3n) is 4.06. The second kappa shape index (κ2) is 5.33. The molecule has 2 aromatic rings. The predicted octanol–water partition coefficient (Wildman–Crippen LogP) is 2.54. The Morgan fingerprint density at radius 3 is 2.95 bits per heavy atom. The molecule has 3 rings (SSSR count). The summed E-state index contributed by atoms with van der Waals surface area (Å²) in [7, 11) is 0. The molecular formula is C14H18N4O3. The van der Waals surface area contributed by atoms with E-state index in [9.17, 15) is 10.1 Å². The van der Waals surface area contributed by atoms with Crippen LogP contribution in [0.4, 0.5) is 11.7 Å². The van der Waals surface area contributed by atoms with Gasteiger partial charge in [0, 0.05) is 18.7 Å². The number of rotatable bonds is 4. The number of aromatic nitrogens is 1. The second-order valence-electron chi connectivity index (χ2n) is 5.84. The Bertz CT molecular complexity index is 661. The molecule has 0 amide bonds. The van der Waals surface area contributed by atoms with Gasteiger partial charge in [0.2, 0.25) is 0 Å². The highest BCUT2D eigenvalue weighted by molar-refractivity contribution is 5.77. The Balaban J connectivity index is 1.73. The Labute approximate surface area is 121 Å². The van der Waals surface area contributed by atoms with Crippen LogP contribution in [-0.2, 0) is 0 Å². The van der Waals surface area contributed by atoms with E-state index < -0.39 is 4.92 Å². The van der Waals surface area contributed by atoms with Gasteiger partial charge < -0.3 is 15.1 Å². The van der Waals surface area contributed by atoms with Crippen LogP contribution in [0.15, 0.2) is 22.6 Å². The molecular weight excluding hydrogens is 272 g/mol. The highest BCUT2D eigenvalue weighted by Gasteiger charge is 2.27. The van der Waals surface area contributed by atoms with Crippen LogP contribution in [0, 0.1) is 15.5 Å². The number of fused-ring (bicyclic) bond motifs is 1. The molecule has 0 aliphatic carbocycles. The zero-order valence-corrected chi connectivity index (χ0v) is 11.9. The maximum Gasteiger partial charge on any atom is 0.295 e. The normalized spacial score (nSPS) is 17.8. The molecule has 0 atom stereocenters. The van der Waals surface area contributed by atoms with Gasteiger partial charge in [0.25, 0.3) is 11.7 Å². The lowest BCUT2D eigenvalue weighted by molar-refractivity contribution is -0.384. The molecule has 112 valence electrons. The van der Waals surface area contributed by atoms with E-state index in [1.807, 2.05) is 0 Å². The van der Waals surface area contributed by atoms with Crippen LogP contribution in [-0.4, -0.2) is 29.5 Å². The topological polar surface area (TPSA) is 93.2 Å². The van der Waals surface area contributed by atoms with Crippen LogP contribution in [0.2, 0.25) is 0 Å². The fraction of sp³-hybridized carbons (Fsp3) is 0.500. The highest BCUT2D eigenvalue weighted by Crippen LogP contribution is 2.29. The minimum absolute atomic E-state index is 0.0210. The molecule has 0 unspecified atom stereocenters. The maximum atomic E-state index is 10.8. The summed E-state index contributed by atoms with van der Waals surface area (Å²) in [5.74, 6) is 0. The van der Waals surface area contributed by atoms with Gasteiger partial charge in [0.1, 0.15) is 5.52 Å². The summed E-state index contributed by atoms with van der Waals surface area (Å²) in [4.78, 5) is 14.6. The van der Waals surface area contributed by atoms with Gasteiger partial charge in [-0.05, 0) is 37.4 Å². The Morgan fingerprint density at radius 1 is 1.48 bits per heavy atom. The lowest BCUT2D eigenvalue weighted by Crippen LogP contribution is -2.39. The largest absolute Gasteiger partial charge is 0.424 e. The zero-order chi connectivity index (χ0) is 14.9. The summed E-state index contributed by atoms with van der Waals surface area (Å²) in [6, 6.07) is 4.85. The molecule has 21 heavy (non-hydrogen) atoms. The van der Waals surface area contributed by atoms with E-state index in [2.05, 4.69) is 22.5 Å². The number of hydrogen-bond donors (Lipinski definition) is 2.